The van der Waals surface area contributed by atoms with Crippen molar-refractivity contribution in [3.8, 4) is 11.5 Å². The molecular weight excluding hydrogens is 496 g/mol. The van der Waals surface area contributed by atoms with Crippen molar-refractivity contribution in [3.05, 3.63) is 59.7 Å². The zero-order valence-electron chi connectivity index (χ0n) is 27.4. The van der Waals surface area contributed by atoms with Crippen LogP contribution in [0.3, 0.4) is 0 Å². The smallest absolute Gasteiger partial charge is 0.130 e. The Hall–Kier alpha value is -1.76. The van der Waals surface area contributed by atoms with Crippen molar-refractivity contribution in [2.45, 2.75) is 181 Å². The summed E-state index contributed by atoms with van der Waals surface area (Å²) in [7, 11) is 0. The van der Waals surface area contributed by atoms with Gasteiger partial charge in [-0.05, 0) is 55.0 Å². The van der Waals surface area contributed by atoms with Gasteiger partial charge in [0.15, 0.2) is 0 Å². The molecule has 0 N–H and O–H groups in total. The van der Waals surface area contributed by atoms with E-state index >= 15 is 0 Å². The molecule has 0 amide bonds. The second-order valence-corrected chi connectivity index (χ2v) is 12.6. The molecule has 0 aliphatic rings. The van der Waals surface area contributed by atoms with Gasteiger partial charge in [-0.25, -0.2) is 0 Å². The zero-order chi connectivity index (χ0) is 29.1. The van der Waals surface area contributed by atoms with Crippen molar-refractivity contribution in [2.75, 3.05) is 0 Å². The van der Waals surface area contributed by atoms with E-state index in [0.717, 1.165) is 17.9 Å². The van der Waals surface area contributed by atoms with Gasteiger partial charge in [0, 0.05) is 0 Å². The summed E-state index contributed by atoms with van der Waals surface area (Å²) in [5, 5.41) is 0. The highest BCUT2D eigenvalue weighted by molar-refractivity contribution is 5.40. The maximum atomic E-state index is 6.34. The summed E-state index contributed by atoms with van der Waals surface area (Å²) in [5.41, 5.74) is 2.89. The van der Waals surface area contributed by atoms with E-state index in [1.54, 1.807) is 0 Å². The lowest BCUT2D eigenvalue weighted by molar-refractivity contribution is 0.473. The molecule has 0 saturated carbocycles. The maximum Gasteiger partial charge on any atom is 0.130 e. The second kappa shape index (κ2) is 25.9. The standard InChI is InChI=1S/C40H66O/c1-3-5-7-9-11-13-15-17-19-21-23-26-30-37-34-35-40(41-39-32-28-25-29-33-39)38(36-37)31-27-24-22-20-18-16-14-12-10-8-6-4-2/h25,28-29,32-36H,3-24,26-27,30-31H2,1-2H3. The van der Waals surface area contributed by atoms with Gasteiger partial charge in [0.25, 0.3) is 0 Å². The van der Waals surface area contributed by atoms with Crippen LogP contribution in [0.15, 0.2) is 48.5 Å². The molecule has 0 fully saturated rings. The number of para-hydroxylation sites is 1. The normalized spacial score (nSPS) is 11.3. The molecule has 1 heteroatoms. The monoisotopic (exact) mass is 563 g/mol. The molecule has 0 atom stereocenters. The first-order valence-corrected chi connectivity index (χ1v) is 18.2. The van der Waals surface area contributed by atoms with Crippen LogP contribution >= 0.6 is 0 Å². The van der Waals surface area contributed by atoms with Crippen molar-refractivity contribution in [2.24, 2.45) is 0 Å². The summed E-state index contributed by atoms with van der Waals surface area (Å²) in [4.78, 5) is 0. The van der Waals surface area contributed by atoms with Crippen LogP contribution in [0, 0.1) is 0 Å². The molecule has 232 valence electrons. The SMILES string of the molecule is CCCCCCCCCCCCCCc1ccc(Oc2ccccc2)c(CCCCCCCCCCCCCC)c1. The van der Waals surface area contributed by atoms with Crippen molar-refractivity contribution in [1.29, 1.82) is 0 Å². The van der Waals surface area contributed by atoms with Crippen LogP contribution in [0.25, 0.3) is 0 Å². The van der Waals surface area contributed by atoms with Crippen molar-refractivity contribution >= 4 is 0 Å². The lowest BCUT2D eigenvalue weighted by Gasteiger charge is -2.13. The van der Waals surface area contributed by atoms with E-state index in [2.05, 4.69) is 62.4 Å². The van der Waals surface area contributed by atoms with Crippen LogP contribution in [0.2, 0.25) is 0 Å². The fourth-order valence-electron chi connectivity index (χ4n) is 6.03. The van der Waals surface area contributed by atoms with Crippen molar-refractivity contribution in [1.82, 2.24) is 0 Å². The molecule has 0 aliphatic heterocycles. The first-order valence-electron chi connectivity index (χ1n) is 18.2. The number of rotatable bonds is 28. The molecule has 2 aromatic carbocycles. The van der Waals surface area contributed by atoms with Gasteiger partial charge < -0.3 is 4.74 Å². The zero-order valence-corrected chi connectivity index (χ0v) is 27.4. The predicted octanol–water partition coefficient (Wildman–Crippen LogP) is 14.0. The van der Waals surface area contributed by atoms with E-state index in [9.17, 15) is 0 Å². The molecule has 0 bridgehead atoms. The third-order valence-corrected chi connectivity index (χ3v) is 8.71. The summed E-state index contributed by atoms with van der Waals surface area (Å²) < 4.78 is 6.34. The fraction of sp³-hybridized carbons (Fsp3) is 0.700. The molecule has 0 unspecified atom stereocenters. The van der Waals surface area contributed by atoms with Crippen LogP contribution in [0.5, 0.6) is 11.5 Å². The number of ether oxygens (including phenoxy) is 1. The summed E-state index contributed by atoms with van der Waals surface area (Å²) in [6, 6.07) is 17.3. The van der Waals surface area contributed by atoms with Gasteiger partial charge in [-0.2, -0.15) is 0 Å². The first kappa shape index (κ1) is 35.4. The largest absolute Gasteiger partial charge is 0.457 e. The minimum absolute atomic E-state index is 0.942. The Morgan fingerprint density at radius 2 is 0.829 bits per heavy atom. The number of hydrogen-bond acceptors (Lipinski definition) is 1. The Balaban J connectivity index is 1.65. The maximum absolute atomic E-state index is 6.34. The number of aryl methyl sites for hydroxylation is 2. The Morgan fingerprint density at radius 3 is 1.29 bits per heavy atom. The highest BCUT2D eigenvalue weighted by atomic mass is 16.5. The third-order valence-electron chi connectivity index (χ3n) is 8.71. The summed E-state index contributed by atoms with van der Waals surface area (Å²) in [6.45, 7) is 4.60. The van der Waals surface area contributed by atoms with Gasteiger partial charge in [0.2, 0.25) is 0 Å². The van der Waals surface area contributed by atoms with E-state index in [1.165, 1.54) is 172 Å². The highest BCUT2D eigenvalue weighted by Crippen LogP contribution is 2.29. The van der Waals surface area contributed by atoms with Crippen LogP contribution in [-0.4, -0.2) is 0 Å². The summed E-state index contributed by atoms with van der Waals surface area (Å²) in [6.07, 6.45) is 36.0. The molecule has 1 nitrogen and oxygen atoms in total. The van der Waals surface area contributed by atoms with E-state index in [-0.39, 0.29) is 0 Å². The van der Waals surface area contributed by atoms with Gasteiger partial charge in [-0.3, -0.25) is 0 Å². The average molecular weight is 563 g/mol. The molecule has 41 heavy (non-hydrogen) atoms. The first-order chi connectivity index (χ1) is 20.3. The Kier molecular flexibility index (Phi) is 22.4. The summed E-state index contributed by atoms with van der Waals surface area (Å²) >= 11 is 0. The summed E-state index contributed by atoms with van der Waals surface area (Å²) in [5.74, 6) is 2.00. The molecule has 2 rings (SSSR count). The molecule has 0 aromatic heterocycles. The van der Waals surface area contributed by atoms with E-state index in [1.807, 2.05) is 0 Å². The fourth-order valence-corrected chi connectivity index (χ4v) is 6.03. The van der Waals surface area contributed by atoms with Gasteiger partial charge >= 0.3 is 0 Å². The number of unbranched alkanes of at least 4 members (excludes halogenated alkanes) is 22. The van der Waals surface area contributed by atoms with E-state index < -0.39 is 0 Å². The Labute approximate surface area is 256 Å². The van der Waals surface area contributed by atoms with E-state index in [0.29, 0.717) is 0 Å². The van der Waals surface area contributed by atoms with E-state index in [4.69, 9.17) is 4.74 Å². The molecule has 0 radical (unpaired) electrons. The number of benzene rings is 2. The second-order valence-electron chi connectivity index (χ2n) is 12.6. The molecule has 0 heterocycles. The molecule has 0 spiro atoms. The van der Waals surface area contributed by atoms with Crippen LogP contribution in [-0.2, 0) is 12.8 Å². The minimum atomic E-state index is 0.942. The lowest BCUT2D eigenvalue weighted by atomic mass is 9.98. The highest BCUT2D eigenvalue weighted by Gasteiger charge is 2.08. The van der Waals surface area contributed by atoms with Gasteiger partial charge in [-0.1, -0.05) is 185 Å². The lowest BCUT2D eigenvalue weighted by Crippen LogP contribution is -1.96. The predicted molar refractivity (Wildman–Crippen MR) is 183 cm³/mol. The molecule has 0 aliphatic carbocycles. The van der Waals surface area contributed by atoms with Crippen LogP contribution < -0.4 is 4.74 Å². The Bertz CT molecular complexity index is 826. The molecular formula is C40H66O. The van der Waals surface area contributed by atoms with Gasteiger partial charge in [0.05, 0.1) is 0 Å². The van der Waals surface area contributed by atoms with Crippen molar-refractivity contribution in [3.63, 3.8) is 0 Å². The molecule has 0 saturated heterocycles. The van der Waals surface area contributed by atoms with Crippen LogP contribution in [0.4, 0.5) is 0 Å². The quantitative estimate of drug-likeness (QED) is 0.0937. The minimum Gasteiger partial charge on any atom is -0.457 e. The van der Waals surface area contributed by atoms with Gasteiger partial charge in [0.1, 0.15) is 11.5 Å². The molecule has 2 aromatic rings. The third kappa shape index (κ3) is 19.1. The Morgan fingerprint density at radius 1 is 0.415 bits per heavy atom. The van der Waals surface area contributed by atoms with Gasteiger partial charge in [-0.15, -0.1) is 0 Å². The topological polar surface area (TPSA) is 9.23 Å². The average Bonchev–Trinajstić information content (AvgIpc) is 3.00. The number of hydrogen-bond donors (Lipinski definition) is 0. The van der Waals surface area contributed by atoms with Crippen molar-refractivity contribution < 1.29 is 4.74 Å². The van der Waals surface area contributed by atoms with Crippen LogP contribution in [0.1, 0.15) is 179 Å².